The zero-order valence-corrected chi connectivity index (χ0v) is 21.1. The summed E-state index contributed by atoms with van der Waals surface area (Å²) in [6.07, 6.45) is 4.84. The van der Waals surface area contributed by atoms with Crippen LogP contribution in [0.3, 0.4) is 0 Å². The lowest BCUT2D eigenvalue weighted by atomic mass is 9.99. The smallest absolute Gasteiger partial charge is 0.326 e. The van der Waals surface area contributed by atoms with E-state index in [2.05, 4.69) is 25.9 Å². The summed E-state index contributed by atoms with van der Waals surface area (Å²) in [7, 11) is 0. The zero-order valence-electron chi connectivity index (χ0n) is 21.1. The van der Waals surface area contributed by atoms with Gasteiger partial charge in [-0.3, -0.25) is 19.4 Å². The number of benzene rings is 1. The second-order valence-corrected chi connectivity index (χ2v) is 9.53. The molecule has 0 spiro atoms. The lowest BCUT2D eigenvalue weighted by Gasteiger charge is -2.26. The number of amides is 3. The van der Waals surface area contributed by atoms with Gasteiger partial charge in [0.1, 0.15) is 23.8 Å². The molecule has 0 aliphatic heterocycles. The maximum atomic E-state index is 13.3. The van der Waals surface area contributed by atoms with Gasteiger partial charge in [0.05, 0.1) is 6.20 Å². The van der Waals surface area contributed by atoms with E-state index in [4.69, 9.17) is 0 Å². The van der Waals surface area contributed by atoms with Gasteiger partial charge in [0.25, 0.3) is 5.91 Å². The van der Waals surface area contributed by atoms with Gasteiger partial charge in [-0.25, -0.2) is 9.78 Å². The maximum absolute atomic E-state index is 13.3. The van der Waals surface area contributed by atoms with E-state index in [1.54, 1.807) is 0 Å². The van der Waals surface area contributed by atoms with Crippen molar-refractivity contribution < 1.29 is 24.3 Å². The number of carbonyl (C=O) groups is 4. The van der Waals surface area contributed by atoms with Crippen molar-refractivity contribution in [1.29, 1.82) is 0 Å². The topological polar surface area (TPSA) is 150 Å². The van der Waals surface area contributed by atoms with E-state index >= 15 is 0 Å². The van der Waals surface area contributed by atoms with Crippen LogP contribution in [-0.2, 0) is 20.8 Å². The molecule has 0 radical (unpaired) electrons. The molecule has 3 atom stereocenters. The zero-order chi connectivity index (χ0) is 26.7. The van der Waals surface area contributed by atoms with Gasteiger partial charge < -0.3 is 21.1 Å². The molecule has 36 heavy (non-hydrogen) atoms. The Morgan fingerprint density at radius 1 is 0.806 bits per heavy atom. The van der Waals surface area contributed by atoms with E-state index in [0.29, 0.717) is 6.42 Å². The van der Waals surface area contributed by atoms with E-state index in [9.17, 15) is 24.3 Å². The number of nitrogens with zero attached hydrogens (tertiary/aromatic N) is 2. The van der Waals surface area contributed by atoms with Crippen LogP contribution < -0.4 is 16.0 Å². The third kappa shape index (κ3) is 9.44. The van der Waals surface area contributed by atoms with Crippen LogP contribution in [0, 0.1) is 11.8 Å². The minimum Gasteiger partial charge on any atom is -0.480 e. The van der Waals surface area contributed by atoms with Gasteiger partial charge in [-0.1, -0.05) is 58.0 Å². The van der Waals surface area contributed by atoms with E-state index in [0.717, 1.165) is 5.56 Å². The summed E-state index contributed by atoms with van der Waals surface area (Å²) in [6.45, 7) is 7.52. The number of hydrogen-bond donors (Lipinski definition) is 4. The van der Waals surface area contributed by atoms with E-state index < -0.39 is 41.8 Å². The summed E-state index contributed by atoms with van der Waals surface area (Å²) < 4.78 is 0. The third-order valence-corrected chi connectivity index (χ3v) is 5.36. The molecule has 0 aliphatic carbocycles. The van der Waals surface area contributed by atoms with Gasteiger partial charge >= 0.3 is 5.97 Å². The number of carboxylic acids is 1. The van der Waals surface area contributed by atoms with Crippen molar-refractivity contribution in [3.05, 3.63) is 60.2 Å². The van der Waals surface area contributed by atoms with Crippen LogP contribution in [0.2, 0.25) is 0 Å². The average Bonchev–Trinajstić information content (AvgIpc) is 2.83. The molecular formula is C26H35N5O5. The van der Waals surface area contributed by atoms with Crippen molar-refractivity contribution >= 4 is 23.7 Å². The predicted octanol–water partition coefficient (Wildman–Crippen LogP) is 1.96. The molecule has 1 heterocycles. The van der Waals surface area contributed by atoms with Crippen molar-refractivity contribution in [3.63, 3.8) is 0 Å². The number of aliphatic carboxylic acids is 1. The normalized spacial score (nSPS) is 13.5. The van der Waals surface area contributed by atoms with Crippen LogP contribution in [0.1, 0.15) is 56.6 Å². The summed E-state index contributed by atoms with van der Waals surface area (Å²) >= 11 is 0. The van der Waals surface area contributed by atoms with Crippen LogP contribution in [0.25, 0.3) is 0 Å². The number of aromatic nitrogens is 2. The van der Waals surface area contributed by atoms with Crippen LogP contribution in [0.15, 0.2) is 48.9 Å². The minimum absolute atomic E-state index is 0.0381. The Morgan fingerprint density at radius 2 is 1.39 bits per heavy atom. The van der Waals surface area contributed by atoms with Gasteiger partial charge in [-0.05, 0) is 30.2 Å². The first-order valence-corrected chi connectivity index (χ1v) is 12.0. The lowest BCUT2D eigenvalue weighted by Crippen LogP contribution is -2.56. The van der Waals surface area contributed by atoms with Crippen LogP contribution >= 0.6 is 0 Å². The molecule has 10 nitrogen and oxygen atoms in total. The highest BCUT2D eigenvalue weighted by molar-refractivity contribution is 5.97. The van der Waals surface area contributed by atoms with Crippen molar-refractivity contribution in [1.82, 2.24) is 25.9 Å². The first kappa shape index (κ1) is 28.4. The summed E-state index contributed by atoms with van der Waals surface area (Å²) in [5, 5.41) is 17.5. The Morgan fingerprint density at radius 3 is 1.94 bits per heavy atom. The molecule has 0 saturated carbocycles. The highest BCUT2D eigenvalue weighted by atomic mass is 16.4. The molecule has 0 aliphatic rings. The molecule has 10 heteroatoms. The Balaban J connectivity index is 2.23. The standard InChI is InChI=1S/C26H35N5O5/c1-16(2)12-19(23(32)31-21(26(35)36)13-17(3)4)29-24(33)20(14-18-8-6-5-7-9-18)30-25(34)22-15-27-10-11-28-22/h5-11,15-17,19-21H,12-14H2,1-4H3,(H,29,33)(H,30,34)(H,31,32)(H,35,36)/t19-,20-,21-/m0/s1. The number of carboxylic acid groups (broad SMARTS) is 1. The van der Waals surface area contributed by atoms with Crippen molar-refractivity contribution in [3.8, 4) is 0 Å². The highest BCUT2D eigenvalue weighted by Crippen LogP contribution is 2.11. The van der Waals surface area contributed by atoms with Gasteiger partial charge in [0.2, 0.25) is 11.8 Å². The lowest BCUT2D eigenvalue weighted by molar-refractivity contribution is -0.142. The number of hydrogen-bond acceptors (Lipinski definition) is 6. The summed E-state index contributed by atoms with van der Waals surface area (Å²) in [6, 6.07) is 6.10. The van der Waals surface area contributed by atoms with Crippen molar-refractivity contribution in [2.24, 2.45) is 11.8 Å². The summed E-state index contributed by atoms with van der Waals surface area (Å²) in [5.74, 6) is -2.76. The van der Waals surface area contributed by atoms with E-state index in [1.807, 2.05) is 58.0 Å². The van der Waals surface area contributed by atoms with Crippen LogP contribution in [0.4, 0.5) is 0 Å². The Hall–Kier alpha value is -3.82. The van der Waals surface area contributed by atoms with Crippen LogP contribution in [0.5, 0.6) is 0 Å². The fourth-order valence-corrected chi connectivity index (χ4v) is 3.65. The molecule has 0 bridgehead atoms. The molecule has 1 aromatic carbocycles. The molecule has 194 valence electrons. The molecule has 2 rings (SSSR count). The average molecular weight is 498 g/mol. The van der Waals surface area contributed by atoms with Gasteiger partial charge in [0.15, 0.2) is 0 Å². The Bertz CT molecular complexity index is 1010. The second kappa shape index (κ2) is 13.9. The molecular weight excluding hydrogens is 462 g/mol. The fourth-order valence-electron chi connectivity index (χ4n) is 3.65. The third-order valence-electron chi connectivity index (χ3n) is 5.36. The van der Waals surface area contributed by atoms with Crippen molar-refractivity contribution in [2.75, 3.05) is 0 Å². The molecule has 0 saturated heterocycles. The SMILES string of the molecule is CC(C)C[C@H](NC(=O)[C@H](CC(C)C)NC(=O)[C@H](Cc1ccccc1)NC(=O)c1cnccn1)C(=O)O. The molecule has 4 N–H and O–H groups in total. The van der Waals surface area contributed by atoms with E-state index in [1.165, 1.54) is 18.6 Å². The first-order valence-electron chi connectivity index (χ1n) is 12.0. The quantitative estimate of drug-likeness (QED) is 0.330. The predicted molar refractivity (Wildman–Crippen MR) is 134 cm³/mol. The summed E-state index contributed by atoms with van der Waals surface area (Å²) in [4.78, 5) is 58.6. The van der Waals surface area contributed by atoms with E-state index in [-0.39, 0.29) is 30.4 Å². The van der Waals surface area contributed by atoms with Gasteiger partial charge in [-0.15, -0.1) is 0 Å². The number of rotatable bonds is 13. The van der Waals surface area contributed by atoms with Gasteiger partial charge in [0, 0.05) is 18.8 Å². The number of carbonyl (C=O) groups excluding carboxylic acids is 3. The van der Waals surface area contributed by atoms with Crippen molar-refractivity contribution in [2.45, 2.75) is 65.1 Å². The second-order valence-electron chi connectivity index (χ2n) is 9.53. The minimum atomic E-state index is -1.13. The molecule has 0 unspecified atom stereocenters. The maximum Gasteiger partial charge on any atom is 0.326 e. The summed E-state index contributed by atoms with van der Waals surface area (Å²) in [5.41, 5.74) is 0.864. The molecule has 0 fully saturated rings. The Kier molecular flexibility index (Phi) is 11.0. The highest BCUT2D eigenvalue weighted by Gasteiger charge is 2.30. The number of nitrogens with one attached hydrogen (secondary N) is 3. The largest absolute Gasteiger partial charge is 0.480 e. The molecule has 2 aromatic rings. The van der Waals surface area contributed by atoms with Gasteiger partial charge in [-0.2, -0.15) is 0 Å². The van der Waals surface area contributed by atoms with Crippen LogP contribution in [-0.4, -0.2) is 56.9 Å². The first-order chi connectivity index (χ1) is 17.1. The Labute approximate surface area is 211 Å². The molecule has 3 amide bonds. The monoisotopic (exact) mass is 497 g/mol. The fraction of sp³-hybridized carbons (Fsp3) is 0.462. The molecule has 1 aromatic heterocycles.